The normalized spacial score (nSPS) is 12.1. The van der Waals surface area contributed by atoms with Gasteiger partial charge in [0, 0.05) is 17.4 Å². The van der Waals surface area contributed by atoms with E-state index in [9.17, 15) is 4.79 Å². The van der Waals surface area contributed by atoms with Crippen LogP contribution in [0.25, 0.3) is 0 Å². The summed E-state index contributed by atoms with van der Waals surface area (Å²) in [4.78, 5) is 12.1. The SMILES string of the molecule is Cc1cccc(NC(=O)CNc2ccc3c(c2)OCO3)c1C. The number of carbonyl (C=O) groups excluding carboxylic acids is 1. The molecule has 1 aliphatic rings. The van der Waals surface area contributed by atoms with Gasteiger partial charge in [0.25, 0.3) is 0 Å². The van der Waals surface area contributed by atoms with Crippen molar-refractivity contribution in [3.63, 3.8) is 0 Å². The molecule has 1 amide bonds. The van der Waals surface area contributed by atoms with Crippen LogP contribution in [0.5, 0.6) is 11.5 Å². The summed E-state index contributed by atoms with van der Waals surface area (Å²) in [7, 11) is 0. The fraction of sp³-hybridized carbons (Fsp3) is 0.235. The second-order valence-electron chi connectivity index (χ2n) is 5.22. The first-order chi connectivity index (χ1) is 10.6. The van der Waals surface area contributed by atoms with Gasteiger partial charge in [-0.2, -0.15) is 0 Å². The predicted molar refractivity (Wildman–Crippen MR) is 85.6 cm³/mol. The van der Waals surface area contributed by atoms with E-state index in [0.717, 1.165) is 28.3 Å². The van der Waals surface area contributed by atoms with Crippen LogP contribution in [0.1, 0.15) is 11.1 Å². The molecule has 0 spiro atoms. The molecule has 0 bridgehead atoms. The molecule has 0 unspecified atom stereocenters. The maximum atomic E-state index is 12.1. The first-order valence-corrected chi connectivity index (χ1v) is 7.13. The highest BCUT2D eigenvalue weighted by Gasteiger charge is 2.13. The quantitative estimate of drug-likeness (QED) is 0.910. The van der Waals surface area contributed by atoms with Gasteiger partial charge in [-0.15, -0.1) is 0 Å². The van der Waals surface area contributed by atoms with Gasteiger partial charge in [-0.3, -0.25) is 4.79 Å². The summed E-state index contributed by atoms with van der Waals surface area (Å²) in [5.41, 5.74) is 3.90. The highest BCUT2D eigenvalue weighted by atomic mass is 16.7. The molecule has 2 N–H and O–H groups in total. The van der Waals surface area contributed by atoms with Gasteiger partial charge in [-0.05, 0) is 43.2 Å². The minimum atomic E-state index is -0.0913. The van der Waals surface area contributed by atoms with Crippen LogP contribution in [-0.2, 0) is 4.79 Å². The van der Waals surface area contributed by atoms with Gasteiger partial charge < -0.3 is 20.1 Å². The van der Waals surface area contributed by atoms with Crippen molar-refractivity contribution in [1.29, 1.82) is 0 Å². The van der Waals surface area contributed by atoms with E-state index in [1.807, 2.05) is 50.2 Å². The number of aryl methyl sites for hydroxylation is 1. The maximum absolute atomic E-state index is 12.1. The molecule has 1 heterocycles. The van der Waals surface area contributed by atoms with Crippen molar-refractivity contribution < 1.29 is 14.3 Å². The van der Waals surface area contributed by atoms with E-state index in [0.29, 0.717) is 5.75 Å². The van der Waals surface area contributed by atoms with E-state index in [1.54, 1.807) is 0 Å². The average Bonchev–Trinajstić information content (AvgIpc) is 2.97. The Hall–Kier alpha value is -2.69. The van der Waals surface area contributed by atoms with Crippen molar-refractivity contribution in [2.45, 2.75) is 13.8 Å². The molecule has 0 fully saturated rings. The summed E-state index contributed by atoms with van der Waals surface area (Å²) < 4.78 is 10.6. The van der Waals surface area contributed by atoms with E-state index in [-0.39, 0.29) is 19.2 Å². The first kappa shape index (κ1) is 14.3. The molecule has 2 aromatic carbocycles. The minimum absolute atomic E-state index is 0.0913. The van der Waals surface area contributed by atoms with Crippen LogP contribution in [-0.4, -0.2) is 19.2 Å². The van der Waals surface area contributed by atoms with Gasteiger partial charge >= 0.3 is 0 Å². The van der Waals surface area contributed by atoms with Crippen molar-refractivity contribution >= 4 is 17.3 Å². The molecule has 114 valence electrons. The first-order valence-electron chi connectivity index (χ1n) is 7.13. The Bertz CT molecular complexity index is 713. The Kier molecular flexibility index (Phi) is 3.87. The summed E-state index contributed by atoms with van der Waals surface area (Å²) in [6, 6.07) is 11.4. The Labute approximate surface area is 129 Å². The fourth-order valence-corrected chi connectivity index (χ4v) is 2.27. The smallest absolute Gasteiger partial charge is 0.243 e. The van der Waals surface area contributed by atoms with Crippen molar-refractivity contribution in [1.82, 2.24) is 0 Å². The predicted octanol–water partition coefficient (Wildman–Crippen LogP) is 3.08. The monoisotopic (exact) mass is 298 g/mol. The number of nitrogens with one attached hydrogen (secondary N) is 2. The molecule has 0 saturated heterocycles. The zero-order chi connectivity index (χ0) is 15.5. The molecule has 22 heavy (non-hydrogen) atoms. The Morgan fingerprint density at radius 3 is 2.82 bits per heavy atom. The number of benzene rings is 2. The molecule has 0 aliphatic carbocycles. The standard InChI is InChI=1S/C17H18N2O3/c1-11-4-3-5-14(12(11)2)19-17(20)9-18-13-6-7-15-16(8-13)22-10-21-15/h3-8,18H,9-10H2,1-2H3,(H,19,20). The third-order valence-electron chi connectivity index (χ3n) is 3.70. The van der Waals surface area contributed by atoms with E-state index in [4.69, 9.17) is 9.47 Å². The minimum Gasteiger partial charge on any atom is -0.454 e. The summed E-state index contributed by atoms with van der Waals surface area (Å²) in [5.74, 6) is 1.33. The van der Waals surface area contributed by atoms with E-state index in [1.165, 1.54) is 0 Å². The van der Waals surface area contributed by atoms with Crippen LogP contribution < -0.4 is 20.1 Å². The molecule has 5 heteroatoms. The summed E-state index contributed by atoms with van der Waals surface area (Å²) in [6.07, 6.45) is 0. The number of hydrogen-bond donors (Lipinski definition) is 2. The Morgan fingerprint density at radius 1 is 1.14 bits per heavy atom. The Morgan fingerprint density at radius 2 is 1.95 bits per heavy atom. The fourth-order valence-electron chi connectivity index (χ4n) is 2.27. The van der Waals surface area contributed by atoms with Crippen LogP contribution in [0.3, 0.4) is 0 Å². The lowest BCUT2D eigenvalue weighted by Crippen LogP contribution is -2.22. The van der Waals surface area contributed by atoms with Crippen LogP contribution in [0, 0.1) is 13.8 Å². The third kappa shape index (κ3) is 2.98. The van der Waals surface area contributed by atoms with Crippen LogP contribution in [0.15, 0.2) is 36.4 Å². The number of carbonyl (C=O) groups is 1. The van der Waals surface area contributed by atoms with Crippen LogP contribution in [0.4, 0.5) is 11.4 Å². The zero-order valence-corrected chi connectivity index (χ0v) is 12.6. The van der Waals surface area contributed by atoms with Gasteiger partial charge in [0.15, 0.2) is 11.5 Å². The van der Waals surface area contributed by atoms with Gasteiger partial charge in [0.05, 0.1) is 6.54 Å². The van der Waals surface area contributed by atoms with Gasteiger partial charge in [-0.25, -0.2) is 0 Å². The number of anilines is 2. The van der Waals surface area contributed by atoms with Gasteiger partial charge in [0.2, 0.25) is 12.7 Å². The molecule has 0 aromatic heterocycles. The van der Waals surface area contributed by atoms with Crippen molar-refractivity contribution in [2.75, 3.05) is 24.0 Å². The van der Waals surface area contributed by atoms with E-state index >= 15 is 0 Å². The van der Waals surface area contributed by atoms with Crippen molar-refractivity contribution in [3.05, 3.63) is 47.5 Å². The number of amides is 1. The van der Waals surface area contributed by atoms with E-state index in [2.05, 4.69) is 10.6 Å². The third-order valence-corrected chi connectivity index (χ3v) is 3.70. The number of hydrogen-bond acceptors (Lipinski definition) is 4. The summed E-state index contributed by atoms with van der Waals surface area (Å²) in [5, 5.41) is 6.00. The second kappa shape index (κ2) is 5.97. The van der Waals surface area contributed by atoms with Crippen molar-refractivity contribution in [3.8, 4) is 11.5 Å². The highest BCUT2D eigenvalue weighted by Crippen LogP contribution is 2.34. The molecule has 1 aliphatic heterocycles. The molecule has 0 saturated carbocycles. The summed E-state index contributed by atoms with van der Waals surface area (Å²) in [6.45, 7) is 4.45. The lowest BCUT2D eigenvalue weighted by molar-refractivity contribution is -0.114. The summed E-state index contributed by atoms with van der Waals surface area (Å²) >= 11 is 0. The largest absolute Gasteiger partial charge is 0.454 e. The van der Waals surface area contributed by atoms with Gasteiger partial charge in [-0.1, -0.05) is 12.1 Å². The lowest BCUT2D eigenvalue weighted by atomic mass is 10.1. The van der Waals surface area contributed by atoms with E-state index < -0.39 is 0 Å². The van der Waals surface area contributed by atoms with Crippen LogP contribution in [0.2, 0.25) is 0 Å². The number of rotatable bonds is 4. The number of fused-ring (bicyclic) bond motifs is 1. The van der Waals surface area contributed by atoms with Gasteiger partial charge in [0.1, 0.15) is 0 Å². The molecule has 0 radical (unpaired) electrons. The Balaban J connectivity index is 1.59. The zero-order valence-electron chi connectivity index (χ0n) is 12.6. The van der Waals surface area contributed by atoms with Crippen molar-refractivity contribution in [2.24, 2.45) is 0 Å². The molecular formula is C17H18N2O3. The molecular weight excluding hydrogens is 280 g/mol. The van der Waals surface area contributed by atoms with Crippen LogP contribution >= 0.6 is 0 Å². The molecule has 0 atom stereocenters. The molecule has 3 rings (SSSR count). The molecule has 2 aromatic rings. The molecule has 5 nitrogen and oxygen atoms in total. The highest BCUT2D eigenvalue weighted by molar-refractivity contribution is 5.94. The topological polar surface area (TPSA) is 59.6 Å². The second-order valence-corrected chi connectivity index (χ2v) is 5.22. The lowest BCUT2D eigenvalue weighted by Gasteiger charge is -2.11. The number of ether oxygens (including phenoxy) is 2. The maximum Gasteiger partial charge on any atom is 0.243 e. The average molecular weight is 298 g/mol.